The number of alkyl halides is 1. The summed E-state index contributed by atoms with van der Waals surface area (Å²) >= 11 is 12.1. The van der Waals surface area contributed by atoms with Gasteiger partial charge in [0.15, 0.2) is 0 Å². The van der Waals surface area contributed by atoms with E-state index < -0.39 is 0 Å². The van der Waals surface area contributed by atoms with Gasteiger partial charge in [0.1, 0.15) is 12.1 Å². The van der Waals surface area contributed by atoms with Crippen LogP contribution in [0.3, 0.4) is 0 Å². The minimum atomic E-state index is -0.297. The highest BCUT2D eigenvalue weighted by molar-refractivity contribution is 6.31. The summed E-state index contributed by atoms with van der Waals surface area (Å²) in [6.45, 7) is 2.04. The predicted octanol–water partition coefficient (Wildman–Crippen LogP) is 5.37. The van der Waals surface area contributed by atoms with E-state index >= 15 is 0 Å². The molecule has 1 heterocycles. The van der Waals surface area contributed by atoms with Crippen LogP contribution in [-0.2, 0) is 0 Å². The highest BCUT2D eigenvalue weighted by atomic mass is 35.5. The van der Waals surface area contributed by atoms with Crippen LogP contribution in [0, 0.1) is 5.82 Å². The molecule has 0 aliphatic rings. The minimum absolute atomic E-state index is 0.0295. The van der Waals surface area contributed by atoms with Crippen LogP contribution < -0.4 is 0 Å². The first kappa shape index (κ1) is 15.3. The van der Waals surface area contributed by atoms with E-state index in [0.717, 1.165) is 12.1 Å². The number of halogens is 3. The first-order valence-electron chi connectivity index (χ1n) is 6.59. The summed E-state index contributed by atoms with van der Waals surface area (Å²) in [5.74, 6) is 0.0525. The molecule has 2 atom stereocenters. The molecule has 2 nitrogen and oxygen atoms in total. The van der Waals surface area contributed by atoms with Gasteiger partial charge < -0.3 is 4.52 Å². The van der Waals surface area contributed by atoms with Gasteiger partial charge in [-0.05, 0) is 30.9 Å². The molecule has 20 heavy (non-hydrogen) atoms. The lowest BCUT2D eigenvalue weighted by molar-refractivity contribution is 0.389. The van der Waals surface area contributed by atoms with Crippen LogP contribution >= 0.6 is 23.2 Å². The highest BCUT2D eigenvalue weighted by Crippen LogP contribution is 2.41. The Hall–Kier alpha value is -1.06. The molecule has 5 heteroatoms. The SMILES string of the molecule is CCC(c1ccon1)C(CCCl)c1c(F)cccc1Cl. The van der Waals surface area contributed by atoms with Crippen LogP contribution in [0.4, 0.5) is 4.39 Å². The third-order valence-electron chi connectivity index (χ3n) is 3.55. The highest BCUT2D eigenvalue weighted by Gasteiger charge is 2.29. The zero-order chi connectivity index (χ0) is 14.5. The van der Waals surface area contributed by atoms with E-state index in [9.17, 15) is 4.39 Å². The van der Waals surface area contributed by atoms with Crippen molar-refractivity contribution in [3.05, 3.63) is 52.6 Å². The molecule has 2 unspecified atom stereocenters. The van der Waals surface area contributed by atoms with Crippen molar-refractivity contribution in [1.82, 2.24) is 5.16 Å². The second-order valence-electron chi connectivity index (χ2n) is 4.66. The summed E-state index contributed by atoms with van der Waals surface area (Å²) in [7, 11) is 0. The summed E-state index contributed by atoms with van der Waals surface area (Å²) in [6.07, 6.45) is 2.96. The molecule has 0 saturated carbocycles. The minimum Gasteiger partial charge on any atom is -0.365 e. The second-order valence-corrected chi connectivity index (χ2v) is 5.44. The first-order valence-corrected chi connectivity index (χ1v) is 7.50. The van der Waals surface area contributed by atoms with Gasteiger partial charge in [0.05, 0.1) is 5.69 Å². The Labute approximate surface area is 127 Å². The molecule has 0 aliphatic heterocycles. The normalized spacial score (nSPS) is 14.2. The molecule has 1 aromatic heterocycles. The van der Waals surface area contributed by atoms with Crippen LogP contribution in [0.5, 0.6) is 0 Å². The lowest BCUT2D eigenvalue weighted by Gasteiger charge is -2.25. The Morgan fingerprint density at radius 2 is 2.10 bits per heavy atom. The first-order chi connectivity index (χ1) is 9.69. The van der Waals surface area contributed by atoms with Crippen LogP contribution in [-0.4, -0.2) is 11.0 Å². The van der Waals surface area contributed by atoms with Crippen molar-refractivity contribution in [2.24, 2.45) is 0 Å². The van der Waals surface area contributed by atoms with Crippen molar-refractivity contribution in [3.63, 3.8) is 0 Å². The standard InChI is InChI=1S/C15H16Cl2FNO/c1-2-10(14-7-9-20-19-14)11(6-8-16)15-12(17)4-3-5-13(15)18/h3-5,7,9-11H,2,6,8H2,1H3. The Morgan fingerprint density at radius 1 is 1.30 bits per heavy atom. The third-order valence-corrected chi connectivity index (χ3v) is 4.10. The zero-order valence-corrected chi connectivity index (χ0v) is 12.7. The molecule has 0 saturated heterocycles. The molecule has 108 valence electrons. The maximum Gasteiger partial charge on any atom is 0.128 e. The molecular weight excluding hydrogens is 300 g/mol. The fourth-order valence-electron chi connectivity index (χ4n) is 2.64. The predicted molar refractivity (Wildman–Crippen MR) is 79.0 cm³/mol. The summed E-state index contributed by atoms with van der Waals surface area (Å²) in [5, 5.41) is 4.42. The molecule has 0 spiro atoms. The Bertz CT molecular complexity index is 525. The molecule has 2 aromatic rings. The Morgan fingerprint density at radius 3 is 2.65 bits per heavy atom. The van der Waals surface area contributed by atoms with Gasteiger partial charge in [0, 0.05) is 28.5 Å². The van der Waals surface area contributed by atoms with Crippen LogP contribution in [0.1, 0.15) is 42.9 Å². The maximum absolute atomic E-state index is 14.2. The Kier molecular flexibility index (Phi) is 5.44. The van der Waals surface area contributed by atoms with Crippen LogP contribution in [0.15, 0.2) is 35.1 Å². The molecule has 0 amide bonds. The van der Waals surface area contributed by atoms with E-state index in [-0.39, 0.29) is 17.7 Å². The monoisotopic (exact) mass is 315 g/mol. The van der Waals surface area contributed by atoms with E-state index in [1.807, 2.05) is 13.0 Å². The fraction of sp³-hybridized carbons (Fsp3) is 0.400. The summed E-state index contributed by atoms with van der Waals surface area (Å²) in [6, 6.07) is 6.55. The fourth-order valence-corrected chi connectivity index (χ4v) is 3.18. The topological polar surface area (TPSA) is 26.0 Å². The van der Waals surface area contributed by atoms with Gasteiger partial charge in [-0.2, -0.15) is 0 Å². The number of hydrogen-bond donors (Lipinski definition) is 0. The average Bonchev–Trinajstić information content (AvgIpc) is 2.93. The van der Waals surface area contributed by atoms with E-state index in [2.05, 4.69) is 5.16 Å². The molecule has 0 bridgehead atoms. The molecule has 1 aromatic carbocycles. The van der Waals surface area contributed by atoms with Crippen molar-refractivity contribution >= 4 is 23.2 Å². The van der Waals surface area contributed by atoms with Crippen molar-refractivity contribution in [2.75, 3.05) is 5.88 Å². The van der Waals surface area contributed by atoms with E-state index in [0.29, 0.717) is 22.9 Å². The molecule has 0 radical (unpaired) electrons. The third kappa shape index (κ3) is 3.15. The van der Waals surface area contributed by atoms with Crippen LogP contribution in [0.25, 0.3) is 0 Å². The smallest absolute Gasteiger partial charge is 0.128 e. The molecule has 0 N–H and O–H groups in total. The van der Waals surface area contributed by atoms with Crippen molar-refractivity contribution < 1.29 is 8.91 Å². The van der Waals surface area contributed by atoms with E-state index in [1.165, 1.54) is 12.3 Å². The summed E-state index contributed by atoms with van der Waals surface area (Å²) in [5.41, 5.74) is 1.33. The number of rotatable bonds is 6. The quantitative estimate of drug-likeness (QED) is 0.669. The maximum atomic E-state index is 14.2. The lowest BCUT2D eigenvalue weighted by Crippen LogP contribution is -2.14. The largest absolute Gasteiger partial charge is 0.365 e. The van der Waals surface area contributed by atoms with Gasteiger partial charge in [-0.25, -0.2) is 4.39 Å². The summed E-state index contributed by atoms with van der Waals surface area (Å²) < 4.78 is 19.1. The second kappa shape index (κ2) is 7.09. The number of nitrogens with zero attached hydrogens (tertiary/aromatic N) is 1. The Balaban J connectivity index is 2.44. The van der Waals surface area contributed by atoms with Gasteiger partial charge in [-0.3, -0.25) is 0 Å². The summed E-state index contributed by atoms with van der Waals surface area (Å²) in [4.78, 5) is 0. The molecule has 2 rings (SSSR count). The molecular formula is C15H16Cl2FNO. The lowest BCUT2D eigenvalue weighted by atomic mass is 9.80. The van der Waals surface area contributed by atoms with E-state index in [4.69, 9.17) is 27.7 Å². The molecule has 0 fully saturated rings. The molecule has 0 aliphatic carbocycles. The van der Waals surface area contributed by atoms with Gasteiger partial charge in [-0.1, -0.05) is 29.7 Å². The van der Waals surface area contributed by atoms with E-state index in [1.54, 1.807) is 12.1 Å². The van der Waals surface area contributed by atoms with Gasteiger partial charge in [0.25, 0.3) is 0 Å². The van der Waals surface area contributed by atoms with Crippen molar-refractivity contribution in [1.29, 1.82) is 0 Å². The van der Waals surface area contributed by atoms with Gasteiger partial charge >= 0.3 is 0 Å². The van der Waals surface area contributed by atoms with Gasteiger partial charge in [-0.15, -0.1) is 11.6 Å². The van der Waals surface area contributed by atoms with Gasteiger partial charge in [0.2, 0.25) is 0 Å². The van der Waals surface area contributed by atoms with Crippen molar-refractivity contribution in [3.8, 4) is 0 Å². The number of hydrogen-bond acceptors (Lipinski definition) is 2. The van der Waals surface area contributed by atoms with Crippen LogP contribution in [0.2, 0.25) is 5.02 Å². The number of benzene rings is 1. The average molecular weight is 316 g/mol. The zero-order valence-electron chi connectivity index (χ0n) is 11.2. The van der Waals surface area contributed by atoms with Crippen molar-refractivity contribution in [2.45, 2.75) is 31.6 Å². The number of aromatic nitrogens is 1.